The van der Waals surface area contributed by atoms with E-state index in [1.807, 2.05) is 6.07 Å². The number of nitro benzene ring substituents is 1. The second-order valence-electron chi connectivity index (χ2n) is 5.56. The molecule has 0 unspecified atom stereocenters. The van der Waals surface area contributed by atoms with Gasteiger partial charge in [0, 0.05) is 17.7 Å². The third-order valence-electron chi connectivity index (χ3n) is 3.82. The van der Waals surface area contributed by atoms with Gasteiger partial charge in [-0.2, -0.15) is 5.26 Å². The Hall–Kier alpha value is -4.18. The van der Waals surface area contributed by atoms with Crippen LogP contribution in [0.2, 0.25) is 0 Å². The average Bonchev–Trinajstić information content (AvgIpc) is 3.15. The standard InChI is InChI=1S/C20H12N2O5/c21-12-16(15-2-1-3-17(10-15)22(25)26)11-18-8-9-19(27-18)13-4-6-14(7-5-13)20(23)24/h1-11H,(H,23,24). The number of carboxylic acids is 1. The lowest BCUT2D eigenvalue weighted by molar-refractivity contribution is -0.384. The molecule has 0 aliphatic heterocycles. The van der Waals surface area contributed by atoms with Gasteiger partial charge in [-0.15, -0.1) is 0 Å². The minimum Gasteiger partial charge on any atom is -0.478 e. The van der Waals surface area contributed by atoms with Crippen molar-refractivity contribution in [1.82, 2.24) is 0 Å². The molecule has 0 spiro atoms. The Morgan fingerprint density at radius 3 is 2.48 bits per heavy atom. The third kappa shape index (κ3) is 3.91. The van der Waals surface area contributed by atoms with Gasteiger partial charge in [-0.25, -0.2) is 4.79 Å². The number of furan rings is 1. The third-order valence-corrected chi connectivity index (χ3v) is 3.82. The lowest BCUT2D eigenvalue weighted by Gasteiger charge is -2.00. The summed E-state index contributed by atoms with van der Waals surface area (Å²) in [5.74, 6) is -0.106. The van der Waals surface area contributed by atoms with E-state index in [-0.39, 0.29) is 16.8 Å². The molecule has 0 aliphatic rings. The van der Waals surface area contributed by atoms with Crippen molar-refractivity contribution in [3.8, 4) is 17.4 Å². The quantitative estimate of drug-likeness (QED) is 0.403. The van der Waals surface area contributed by atoms with E-state index in [4.69, 9.17) is 9.52 Å². The molecule has 7 heteroatoms. The first-order chi connectivity index (χ1) is 13.0. The van der Waals surface area contributed by atoms with E-state index in [0.717, 1.165) is 0 Å². The molecule has 3 rings (SSSR count). The molecule has 27 heavy (non-hydrogen) atoms. The van der Waals surface area contributed by atoms with E-state index in [9.17, 15) is 20.2 Å². The molecule has 3 aromatic rings. The predicted octanol–water partition coefficient (Wildman–Crippen LogP) is 4.62. The normalized spacial score (nSPS) is 11.0. The summed E-state index contributed by atoms with van der Waals surface area (Å²) in [6.45, 7) is 0. The second-order valence-corrected chi connectivity index (χ2v) is 5.56. The van der Waals surface area contributed by atoms with E-state index in [0.29, 0.717) is 22.6 Å². The molecule has 2 aromatic carbocycles. The van der Waals surface area contributed by atoms with Gasteiger partial charge >= 0.3 is 5.97 Å². The molecule has 0 saturated heterocycles. The summed E-state index contributed by atoms with van der Waals surface area (Å²) in [6.07, 6.45) is 1.49. The number of rotatable bonds is 5. The van der Waals surface area contributed by atoms with E-state index in [1.54, 1.807) is 30.3 Å². The molecular formula is C20H12N2O5. The maximum atomic E-state index is 10.9. The van der Waals surface area contributed by atoms with Gasteiger partial charge in [0.1, 0.15) is 11.5 Å². The molecule has 1 heterocycles. The highest BCUT2D eigenvalue weighted by molar-refractivity contribution is 5.90. The van der Waals surface area contributed by atoms with Crippen molar-refractivity contribution >= 4 is 23.3 Å². The SMILES string of the molecule is N#CC(=Cc1ccc(-c2ccc(C(=O)O)cc2)o1)c1cccc([N+](=O)[O-])c1. The van der Waals surface area contributed by atoms with Crippen molar-refractivity contribution in [2.45, 2.75) is 0 Å². The molecule has 132 valence electrons. The van der Waals surface area contributed by atoms with Crippen LogP contribution in [0.1, 0.15) is 21.7 Å². The van der Waals surface area contributed by atoms with Crippen LogP contribution in [0.5, 0.6) is 0 Å². The number of carboxylic acid groups (broad SMARTS) is 1. The smallest absolute Gasteiger partial charge is 0.335 e. The first kappa shape index (κ1) is 17.6. The Kier molecular flexibility index (Phi) is 4.82. The van der Waals surface area contributed by atoms with E-state index < -0.39 is 10.9 Å². The largest absolute Gasteiger partial charge is 0.478 e. The van der Waals surface area contributed by atoms with Crippen LogP contribution >= 0.6 is 0 Å². The van der Waals surface area contributed by atoms with Crippen molar-refractivity contribution in [3.63, 3.8) is 0 Å². The number of allylic oxidation sites excluding steroid dienone is 1. The highest BCUT2D eigenvalue weighted by Gasteiger charge is 2.11. The van der Waals surface area contributed by atoms with Crippen LogP contribution < -0.4 is 0 Å². The van der Waals surface area contributed by atoms with Gasteiger partial charge in [0.15, 0.2) is 0 Å². The van der Waals surface area contributed by atoms with Crippen LogP contribution in [-0.4, -0.2) is 16.0 Å². The van der Waals surface area contributed by atoms with Crippen LogP contribution in [-0.2, 0) is 0 Å². The minimum atomic E-state index is -1.01. The molecule has 1 aromatic heterocycles. The monoisotopic (exact) mass is 360 g/mol. The average molecular weight is 360 g/mol. The molecule has 0 amide bonds. The van der Waals surface area contributed by atoms with E-state index in [1.165, 1.54) is 36.4 Å². The van der Waals surface area contributed by atoms with E-state index >= 15 is 0 Å². The Bertz CT molecular complexity index is 1090. The Morgan fingerprint density at radius 1 is 1.11 bits per heavy atom. The summed E-state index contributed by atoms with van der Waals surface area (Å²) in [5, 5.41) is 29.2. The summed E-state index contributed by atoms with van der Waals surface area (Å²) < 4.78 is 5.69. The highest BCUT2D eigenvalue weighted by atomic mass is 16.6. The summed E-state index contributed by atoms with van der Waals surface area (Å²) in [7, 11) is 0. The number of hydrogen-bond acceptors (Lipinski definition) is 5. The molecule has 0 fully saturated rings. The Balaban J connectivity index is 1.91. The molecule has 0 atom stereocenters. The fraction of sp³-hybridized carbons (Fsp3) is 0. The number of nitriles is 1. The zero-order valence-electron chi connectivity index (χ0n) is 13.8. The van der Waals surface area contributed by atoms with Gasteiger partial charge in [-0.1, -0.05) is 24.3 Å². The van der Waals surface area contributed by atoms with Crippen LogP contribution in [0.15, 0.2) is 65.1 Å². The van der Waals surface area contributed by atoms with Crippen LogP contribution in [0.25, 0.3) is 23.0 Å². The highest BCUT2D eigenvalue weighted by Crippen LogP contribution is 2.26. The van der Waals surface area contributed by atoms with Crippen LogP contribution in [0.4, 0.5) is 5.69 Å². The molecule has 0 radical (unpaired) electrons. The van der Waals surface area contributed by atoms with Crippen molar-refractivity contribution in [3.05, 3.63) is 87.7 Å². The maximum Gasteiger partial charge on any atom is 0.335 e. The molecule has 0 saturated carbocycles. The summed E-state index contributed by atoms with van der Waals surface area (Å²) in [6, 6.07) is 17.4. The van der Waals surface area contributed by atoms with E-state index in [2.05, 4.69) is 0 Å². The Morgan fingerprint density at radius 2 is 1.85 bits per heavy atom. The fourth-order valence-corrected chi connectivity index (χ4v) is 2.47. The molecule has 0 bridgehead atoms. The number of aromatic carboxylic acids is 1. The predicted molar refractivity (Wildman–Crippen MR) is 97.7 cm³/mol. The van der Waals surface area contributed by atoms with Gasteiger partial charge in [0.05, 0.1) is 22.1 Å². The topological polar surface area (TPSA) is 117 Å². The summed E-state index contributed by atoms with van der Waals surface area (Å²) in [4.78, 5) is 21.3. The van der Waals surface area contributed by atoms with Crippen molar-refractivity contribution < 1.29 is 19.2 Å². The van der Waals surface area contributed by atoms with Crippen molar-refractivity contribution in [2.24, 2.45) is 0 Å². The lowest BCUT2D eigenvalue weighted by atomic mass is 10.1. The number of benzene rings is 2. The van der Waals surface area contributed by atoms with Crippen molar-refractivity contribution in [1.29, 1.82) is 5.26 Å². The fourth-order valence-electron chi connectivity index (χ4n) is 2.47. The first-order valence-electron chi connectivity index (χ1n) is 7.78. The number of non-ortho nitro benzene ring substituents is 1. The minimum absolute atomic E-state index is 0.104. The molecular weight excluding hydrogens is 348 g/mol. The van der Waals surface area contributed by atoms with Gasteiger partial charge in [0.2, 0.25) is 0 Å². The number of nitrogens with zero attached hydrogens (tertiary/aromatic N) is 2. The number of nitro groups is 1. The maximum absolute atomic E-state index is 10.9. The lowest BCUT2D eigenvalue weighted by Crippen LogP contribution is -1.94. The summed E-state index contributed by atoms with van der Waals surface area (Å²) >= 11 is 0. The Labute approximate surface area is 153 Å². The van der Waals surface area contributed by atoms with Gasteiger partial charge in [0.25, 0.3) is 5.69 Å². The zero-order valence-corrected chi connectivity index (χ0v) is 13.8. The number of carbonyl (C=O) groups is 1. The second kappa shape index (κ2) is 7.37. The summed E-state index contributed by atoms with van der Waals surface area (Å²) in [5.41, 5.74) is 1.39. The van der Waals surface area contributed by atoms with Crippen LogP contribution in [0.3, 0.4) is 0 Å². The number of hydrogen-bond donors (Lipinski definition) is 1. The van der Waals surface area contributed by atoms with Crippen molar-refractivity contribution in [2.75, 3.05) is 0 Å². The zero-order chi connectivity index (χ0) is 19.4. The van der Waals surface area contributed by atoms with Gasteiger partial charge in [-0.3, -0.25) is 10.1 Å². The van der Waals surface area contributed by atoms with Gasteiger partial charge in [-0.05, 0) is 35.9 Å². The molecule has 7 nitrogen and oxygen atoms in total. The van der Waals surface area contributed by atoms with Crippen LogP contribution in [0, 0.1) is 21.4 Å². The molecule has 0 aliphatic carbocycles. The van der Waals surface area contributed by atoms with Gasteiger partial charge < -0.3 is 9.52 Å². The molecule has 1 N–H and O–H groups in total. The first-order valence-corrected chi connectivity index (χ1v) is 7.78.